The first-order valence-corrected chi connectivity index (χ1v) is 6.08. The molecule has 0 spiro atoms. The van der Waals surface area contributed by atoms with Crippen molar-refractivity contribution in [2.75, 3.05) is 0 Å². The largest absolute Gasteiger partial charge is 0.0935 e. The van der Waals surface area contributed by atoms with Crippen molar-refractivity contribution in [1.29, 1.82) is 0 Å². The van der Waals surface area contributed by atoms with E-state index >= 15 is 0 Å². The van der Waals surface area contributed by atoms with E-state index in [1.807, 2.05) is 0 Å². The second-order valence-corrected chi connectivity index (χ2v) is 6.70. The topological polar surface area (TPSA) is 0 Å². The molecule has 56 valence electrons. The van der Waals surface area contributed by atoms with Crippen molar-refractivity contribution >= 4 is 8.80 Å². The molecule has 1 aliphatic rings. The highest BCUT2D eigenvalue weighted by Crippen LogP contribution is 2.23. The Morgan fingerprint density at radius 1 is 1.10 bits per heavy atom. The minimum atomic E-state index is -0.567. The van der Waals surface area contributed by atoms with Crippen LogP contribution in [0.1, 0.15) is 20.8 Å². The zero-order valence-electron chi connectivity index (χ0n) is 7.09. The molecule has 1 heterocycles. The maximum Gasteiger partial charge on any atom is 0.0857 e. The molecule has 1 heteroatoms. The van der Waals surface area contributed by atoms with Crippen LogP contribution in [-0.2, 0) is 0 Å². The Morgan fingerprint density at radius 2 is 1.60 bits per heavy atom. The van der Waals surface area contributed by atoms with Crippen molar-refractivity contribution in [3.63, 3.8) is 0 Å². The summed E-state index contributed by atoms with van der Waals surface area (Å²) in [6.45, 7) is 6.96. The van der Waals surface area contributed by atoms with E-state index in [4.69, 9.17) is 0 Å². The van der Waals surface area contributed by atoms with Crippen LogP contribution in [0.15, 0.2) is 23.6 Å². The van der Waals surface area contributed by atoms with Gasteiger partial charge in [-0.05, 0) is 11.5 Å². The van der Waals surface area contributed by atoms with Crippen LogP contribution in [0.2, 0.25) is 6.04 Å². The fourth-order valence-electron chi connectivity index (χ4n) is 1.32. The normalized spacial score (nSPS) is 18.7. The molecule has 0 aliphatic carbocycles. The van der Waals surface area contributed by atoms with Gasteiger partial charge < -0.3 is 0 Å². The average Bonchev–Trinajstić information content (AvgIpc) is 2.12. The summed E-state index contributed by atoms with van der Waals surface area (Å²) in [6, 6.07) is 1.40. The Bertz CT molecular complexity index is 148. The van der Waals surface area contributed by atoms with E-state index in [-0.39, 0.29) is 0 Å². The third kappa shape index (κ3) is 2.52. The van der Waals surface area contributed by atoms with Crippen LogP contribution in [0.4, 0.5) is 0 Å². The van der Waals surface area contributed by atoms with Crippen LogP contribution < -0.4 is 0 Å². The van der Waals surface area contributed by atoms with E-state index in [0.29, 0.717) is 5.41 Å². The fraction of sp³-hybridized carbons (Fsp3) is 0.556. The van der Waals surface area contributed by atoms with E-state index < -0.39 is 8.80 Å². The van der Waals surface area contributed by atoms with Gasteiger partial charge in [0.1, 0.15) is 0 Å². The lowest BCUT2D eigenvalue weighted by Gasteiger charge is -2.19. The van der Waals surface area contributed by atoms with E-state index in [2.05, 4.69) is 44.3 Å². The van der Waals surface area contributed by atoms with E-state index in [1.54, 1.807) is 0 Å². The van der Waals surface area contributed by atoms with Gasteiger partial charge in [0.2, 0.25) is 0 Å². The molecule has 0 fully saturated rings. The van der Waals surface area contributed by atoms with E-state index in [9.17, 15) is 0 Å². The number of allylic oxidation sites excluding steroid dienone is 2. The quantitative estimate of drug-likeness (QED) is 0.506. The van der Waals surface area contributed by atoms with E-state index in [0.717, 1.165) is 0 Å². The van der Waals surface area contributed by atoms with Gasteiger partial charge in [-0.25, -0.2) is 0 Å². The molecule has 0 atom stereocenters. The SMILES string of the molecule is CC(C)(C)C[SiH]1C=CC=C1. The van der Waals surface area contributed by atoms with Gasteiger partial charge >= 0.3 is 0 Å². The summed E-state index contributed by atoms with van der Waals surface area (Å²) in [6.07, 6.45) is 4.39. The zero-order valence-corrected chi connectivity index (χ0v) is 8.25. The average molecular weight is 152 g/mol. The Labute approximate surface area is 65.3 Å². The predicted molar refractivity (Wildman–Crippen MR) is 49.7 cm³/mol. The smallest absolute Gasteiger partial charge is 0.0857 e. The van der Waals surface area contributed by atoms with Crippen LogP contribution in [-0.4, -0.2) is 8.80 Å². The molecule has 0 nitrogen and oxygen atoms in total. The summed E-state index contributed by atoms with van der Waals surface area (Å²) in [5.41, 5.74) is 5.34. The Morgan fingerprint density at radius 3 is 2.00 bits per heavy atom. The van der Waals surface area contributed by atoms with Crippen LogP contribution in [0.25, 0.3) is 0 Å². The molecule has 0 N–H and O–H groups in total. The van der Waals surface area contributed by atoms with Crippen molar-refractivity contribution in [2.24, 2.45) is 5.41 Å². The number of hydrogen-bond acceptors (Lipinski definition) is 0. The lowest BCUT2D eigenvalue weighted by molar-refractivity contribution is 0.466. The summed E-state index contributed by atoms with van der Waals surface area (Å²) < 4.78 is 0. The molecule has 1 aliphatic heterocycles. The zero-order chi connectivity index (χ0) is 7.61. The number of hydrogen-bond donors (Lipinski definition) is 0. The highest BCUT2D eigenvalue weighted by Gasteiger charge is 2.16. The van der Waals surface area contributed by atoms with Gasteiger partial charge in [0.15, 0.2) is 0 Å². The molecule has 10 heavy (non-hydrogen) atoms. The molecular formula is C9H16Si. The lowest BCUT2D eigenvalue weighted by Crippen LogP contribution is -2.15. The summed E-state index contributed by atoms with van der Waals surface area (Å²) in [4.78, 5) is 0. The molecule has 0 unspecified atom stereocenters. The first-order chi connectivity index (χ1) is 4.58. The van der Waals surface area contributed by atoms with Gasteiger partial charge in [0, 0.05) is 0 Å². The first kappa shape index (κ1) is 7.80. The van der Waals surface area contributed by atoms with Crippen molar-refractivity contribution in [3.05, 3.63) is 23.6 Å². The lowest BCUT2D eigenvalue weighted by atomic mass is 10.0. The van der Waals surface area contributed by atoms with Gasteiger partial charge in [-0.3, -0.25) is 0 Å². The third-order valence-electron chi connectivity index (χ3n) is 1.68. The second kappa shape index (κ2) is 2.75. The van der Waals surface area contributed by atoms with E-state index in [1.165, 1.54) is 6.04 Å². The van der Waals surface area contributed by atoms with Crippen LogP contribution >= 0.6 is 0 Å². The molecule has 0 saturated carbocycles. The first-order valence-electron chi connectivity index (χ1n) is 3.93. The Balaban J connectivity index is 2.40. The van der Waals surface area contributed by atoms with Crippen molar-refractivity contribution in [1.82, 2.24) is 0 Å². The van der Waals surface area contributed by atoms with Crippen LogP contribution in [0.3, 0.4) is 0 Å². The molecule has 0 aromatic heterocycles. The maximum atomic E-state index is 2.41. The second-order valence-electron chi connectivity index (χ2n) is 4.20. The molecule has 0 radical (unpaired) electrons. The Kier molecular flexibility index (Phi) is 2.14. The molecule has 0 bridgehead atoms. The van der Waals surface area contributed by atoms with Gasteiger partial charge in [0.25, 0.3) is 0 Å². The molecule has 0 saturated heterocycles. The number of rotatable bonds is 1. The standard InChI is InChI=1S/C9H16Si/c1-9(2,3)8-10-6-4-5-7-10/h4-7,10H,8H2,1-3H3. The van der Waals surface area contributed by atoms with Crippen molar-refractivity contribution in [3.8, 4) is 0 Å². The molecule has 0 aromatic rings. The van der Waals surface area contributed by atoms with Crippen molar-refractivity contribution in [2.45, 2.75) is 26.8 Å². The summed E-state index contributed by atoms with van der Waals surface area (Å²) in [5, 5.41) is 0. The Hall–Kier alpha value is -0.303. The molecule has 0 amide bonds. The monoisotopic (exact) mass is 152 g/mol. The fourth-order valence-corrected chi connectivity index (χ4v) is 3.96. The minimum absolute atomic E-state index is 0.524. The molecule has 0 aromatic carbocycles. The highest BCUT2D eigenvalue weighted by atomic mass is 28.3. The third-order valence-corrected chi connectivity index (χ3v) is 4.81. The van der Waals surface area contributed by atoms with Gasteiger partial charge in [-0.2, -0.15) is 0 Å². The van der Waals surface area contributed by atoms with Gasteiger partial charge in [0.05, 0.1) is 8.80 Å². The van der Waals surface area contributed by atoms with Crippen LogP contribution in [0.5, 0.6) is 0 Å². The van der Waals surface area contributed by atoms with Crippen molar-refractivity contribution < 1.29 is 0 Å². The van der Waals surface area contributed by atoms with Gasteiger partial charge in [-0.1, -0.05) is 44.3 Å². The minimum Gasteiger partial charge on any atom is -0.0935 e. The summed E-state index contributed by atoms with van der Waals surface area (Å²) in [7, 11) is -0.567. The summed E-state index contributed by atoms with van der Waals surface area (Å²) in [5.74, 6) is 0. The summed E-state index contributed by atoms with van der Waals surface area (Å²) >= 11 is 0. The van der Waals surface area contributed by atoms with Crippen LogP contribution in [0, 0.1) is 5.41 Å². The molecular weight excluding hydrogens is 136 g/mol. The molecule has 1 rings (SSSR count). The highest BCUT2D eigenvalue weighted by molar-refractivity contribution is 6.70. The maximum absolute atomic E-state index is 2.41. The van der Waals surface area contributed by atoms with Gasteiger partial charge in [-0.15, -0.1) is 0 Å². The predicted octanol–water partition coefficient (Wildman–Crippen LogP) is 2.46.